The van der Waals surface area contributed by atoms with Gasteiger partial charge in [-0.15, -0.1) is 0 Å². The molecule has 1 fully saturated rings. The van der Waals surface area contributed by atoms with Crippen molar-refractivity contribution in [2.75, 3.05) is 19.8 Å². The van der Waals surface area contributed by atoms with Gasteiger partial charge >= 0.3 is 0 Å². The van der Waals surface area contributed by atoms with Gasteiger partial charge in [0.05, 0.1) is 11.5 Å². The smallest absolute Gasteiger partial charge is 0.242 e. The molecule has 0 saturated heterocycles. The van der Waals surface area contributed by atoms with Crippen molar-refractivity contribution < 1.29 is 13.2 Å². The Morgan fingerprint density at radius 2 is 2.26 bits per heavy atom. The zero-order valence-corrected chi connectivity index (χ0v) is 11.9. The van der Waals surface area contributed by atoms with E-state index in [4.69, 9.17) is 10.5 Å². The van der Waals surface area contributed by atoms with Crippen LogP contribution in [-0.2, 0) is 21.3 Å². The average Bonchev–Trinajstić information content (AvgIpc) is 3.13. The molecule has 0 spiro atoms. The largest absolute Gasteiger partial charge is 0.380 e. The Balaban J connectivity index is 2.07. The van der Waals surface area contributed by atoms with Crippen molar-refractivity contribution in [3.8, 4) is 0 Å². The van der Waals surface area contributed by atoms with Crippen LogP contribution in [0.5, 0.6) is 0 Å². The number of rotatable bonds is 8. The first-order valence-electron chi connectivity index (χ1n) is 6.56. The summed E-state index contributed by atoms with van der Waals surface area (Å²) in [5.74, 6) is 0. The van der Waals surface area contributed by atoms with E-state index in [0.717, 1.165) is 18.5 Å². The van der Waals surface area contributed by atoms with Gasteiger partial charge < -0.3 is 15.0 Å². The maximum Gasteiger partial charge on any atom is 0.242 e. The van der Waals surface area contributed by atoms with Gasteiger partial charge in [-0.1, -0.05) is 0 Å². The number of nitrogens with two attached hydrogens (primary N) is 1. The Hall–Kier alpha value is -0.890. The predicted molar refractivity (Wildman–Crippen MR) is 72.3 cm³/mol. The fourth-order valence-electron chi connectivity index (χ4n) is 1.98. The van der Waals surface area contributed by atoms with Gasteiger partial charge in [-0.25, -0.2) is 13.1 Å². The van der Waals surface area contributed by atoms with E-state index in [1.807, 2.05) is 11.5 Å². The van der Waals surface area contributed by atoms with Crippen molar-refractivity contribution in [2.24, 2.45) is 5.73 Å². The van der Waals surface area contributed by atoms with E-state index >= 15 is 0 Å². The first-order chi connectivity index (χ1) is 9.08. The number of hydrogen-bond acceptors (Lipinski definition) is 4. The second-order valence-corrected chi connectivity index (χ2v) is 6.37. The summed E-state index contributed by atoms with van der Waals surface area (Å²) in [5.41, 5.74) is 6.52. The summed E-state index contributed by atoms with van der Waals surface area (Å²) in [6, 6.07) is 2.08. The summed E-state index contributed by atoms with van der Waals surface area (Å²) in [7, 11) is -3.46. The molecular formula is C12H21N3O3S. The van der Waals surface area contributed by atoms with Gasteiger partial charge in [0.15, 0.2) is 0 Å². The highest BCUT2D eigenvalue weighted by Crippen LogP contribution is 2.37. The molecule has 0 bridgehead atoms. The molecule has 3 N–H and O–H groups in total. The van der Waals surface area contributed by atoms with Crippen LogP contribution in [0.2, 0.25) is 0 Å². The number of sulfonamides is 1. The zero-order valence-electron chi connectivity index (χ0n) is 11.1. The number of nitrogens with zero attached hydrogens (tertiary/aromatic N) is 1. The Labute approximate surface area is 114 Å². The highest BCUT2D eigenvalue weighted by Gasteiger charge is 2.27. The summed E-state index contributed by atoms with van der Waals surface area (Å²) in [5, 5.41) is 0. The van der Waals surface area contributed by atoms with Gasteiger partial charge in [0.25, 0.3) is 0 Å². The monoisotopic (exact) mass is 287 g/mol. The van der Waals surface area contributed by atoms with Crippen molar-refractivity contribution in [2.45, 2.75) is 37.2 Å². The van der Waals surface area contributed by atoms with Crippen LogP contribution in [0.15, 0.2) is 17.2 Å². The van der Waals surface area contributed by atoms with Gasteiger partial charge in [-0.05, 0) is 25.8 Å². The van der Waals surface area contributed by atoms with Crippen molar-refractivity contribution in [3.05, 3.63) is 18.0 Å². The van der Waals surface area contributed by atoms with Crippen LogP contribution in [0.3, 0.4) is 0 Å². The molecule has 1 aliphatic rings. The minimum atomic E-state index is -3.46. The van der Waals surface area contributed by atoms with Crippen LogP contribution < -0.4 is 10.5 Å². The molecule has 2 rings (SSSR count). The first-order valence-corrected chi connectivity index (χ1v) is 8.05. The number of ether oxygens (including phenoxy) is 1. The normalized spacial score (nSPS) is 15.9. The van der Waals surface area contributed by atoms with E-state index in [2.05, 4.69) is 4.72 Å². The lowest BCUT2D eigenvalue weighted by atomic mass is 10.4. The van der Waals surface area contributed by atoms with Gasteiger partial charge in [-0.3, -0.25) is 0 Å². The Kier molecular flexibility index (Phi) is 4.62. The summed E-state index contributed by atoms with van der Waals surface area (Å²) in [6.07, 6.45) is 3.88. The lowest BCUT2D eigenvalue weighted by molar-refractivity contribution is 0.153. The quantitative estimate of drug-likeness (QED) is 0.685. The van der Waals surface area contributed by atoms with E-state index in [1.54, 1.807) is 12.3 Å². The van der Waals surface area contributed by atoms with Crippen molar-refractivity contribution in [1.29, 1.82) is 0 Å². The third kappa shape index (κ3) is 3.56. The van der Waals surface area contributed by atoms with E-state index in [-0.39, 0.29) is 11.4 Å². The minimum absolute atomic E-state index is 0.280. The Bertz CT molecular complexity index is 520. The predicted octanol–water partition coefficient (Wildman–Crippen LogP) is 0.597. The Morgan fingerprint density at radius 3 is 2.84 bits per heavy atom. The molecule has 6 nitrogen and oxygen atoms in total. The van der Waals surface area contributed by atoms with Crippen LogP contribution >= 0.6 is 0 Å². The van der Waals surface area contributed by atoms with Crippen molar-refractivity contribution in [3.63, 3.8) is 0 Å². The summed E-state index contributed by atoms with van der Waals surface area (Å²) in [4.78, 5) is 0.288. The molecule has 108 valence electrons. The lowest BCUT2D eigenvalue weighted by Crippen LogP contribution is -2.27. The average molecular weight is 287 g/mol. The molecule has 1 aliphatic carbocycles. The molecule has 1 heterocycles. The molecule has 0 aromatic carbocycles. The SMILES string of the molecule is CCOCCNS(=O)(=O)c1cc(CN)n(C2CC2)c1. The zero-order chi connectivity index (χ0) is 13.9. The molecular weight excluding hydrogens is 266 g/mol. The van der Waals surface area contributed by atoms with Crippen LogP contribution in [0.25, 0.3) is 0 Å². The van der Waals surface area contributed by atoms with Crippen LogP contribution in [-0.4, -0.2) is 32.7 Å². The van der Waals surface area contributed by atoms with E-state index in [0.29, 0.717) is 25.8 Å². The maximum absolute atomic E-state index is 12.1. The Morgan fingerprint density at radius 1 is 1.53 bits per heavy atom. The minimum Gasteiger partial charge on any atom is -0.380 e. The van der Waals surface area contributed by atoms with Crippen LogP contribution in [0, 0.1) is 0 Å². The van der Waals surface area contributed by atoms with Gasteiger partial charge in [0.2, 0.25) is 10.0 Å². The fraction of sp³-hybridized carbons (Fsp3) is 0.667. The van der Waals surface area contributed by atoms with Crippen molar-refractivity contribution >= 4 is 10.0 Å². The highest BCUT2D eigenvalue weighted by molar-refractivity contribution is 7.89. The molecule has 0 aliphatic heterocycles. The molecule has 19 heavy (non-hydrogen) atoms. The number of aromatic nitrogens is 1. The molecule has 0 amide bonds. The molecule has 0 radical (unpaired) electrons. The van der Waals surface area contributed by atoms with Crippen molar-refractivity contribution in [1.82, 2.24) is 9.29 Å². The third-order valence-corrected chi connectivity index (χ3v) is 4.54. The summed E-state index contributed by atoms with van der Waals surface area (Å²) < 4.78 is 33.8. The topological polar surface area (TPSA) is 86.3 Å². The second-order valence-electron chi connectivity index (χ2n) is 4.60. The van der Waals surface area contributed by atoms with Gasteiger partial charge in [0.1, 0.15) is 0 Å². The molecule has 1 saturated carbocycles. The van der Waals surface area contributed by atoms with E-state index < -0.39 is 10.0 Å². The van der Waals surface area contributed by atoms with Crippen LogP contribution in [0.4, 0.5) is 0 Å². The summed E-state index contributed by atoms with van der Waals surface area (Å²) in [6.45, 7) is 3.46. The highest BCUT2D eigenvalue weighted by atomic mass is 32.2. The maximum atomic E-state index is 12.1. The number of hydrogen-bond donors (Lipinski definition) is 2. The molecule has 7 heteroatoms. The standard InChI is InChI=1S/C12H21N3O3S/c1-2-18-6-5-14-19(16,17)12-7-11(8-13)15(9-12)10-3-4-10/h7,9-10,14H,2-6,8,13H2,1H3. The fourth-order valence-corrected chi connectivity index (χ4v) is 3.04. The van der Waals surface area contributed by atoms with E-state index in [9.17, 15) is 8.42 Å². The molecule has 1 aromatic heterocycles. The molecule has 0 unspecified atom stereocenters. The second kappa shape index (κ2) is 6.04. The lowest BCUT2D eigenvalue weighted by Gasteiger charge is -2.05. The third-order valence-electron chi connectivity index (χ3n) is 3.11. The van der Waals surface area contributed by atoms with E-state index in [1.165, 1.54) is 0 Å². The number of nitrogens with one attached hydrogen (secondary N) is 1. The van der Waals surface area contributed by atoms with Gasteiger partial charge in [0, 0.05) is 37.6 Å². The van der Waals surface area contributed by atoms with Gasteiger partial charge in [-0.2, -0.15) is 0 Å². The summed E-state index contributed by atoms with van der Waals surface area (Å²) >= 11 is 0. The molecule has 1 aromatic rings. The first kappa shape index (κ1) is 14.5. The molecule has 0 atom stereocenters. The van der Waals surface area contributed by atoms with Crippen LogP contribution in [0.1, 0.15) is 31.5 Å².